The molecule has 1 saturated carbocycles. The van der Waals surface area contributed by atoms with Gasteiger partial charge in [-0.15, -0.1) is 6.58 Å². The van der Waals surface area contributed by atoms with E-state index < -0.39 is 0 Å². The summed E-state index contributed by atoms with van der Waals surface area (Å²) in [5, 5.41) is 12.9. The Morgan fingerprint density at radius 3 is 2.55 bits per heavy atom. The van der Waals surface area contributed by atoms with E-state index in [1.165, 1.54) is 55.3 Å². The first-order chi connectivity index (χ1) is 19.4. The van der Waals surface area contributed by atoms with Gasteiger partial charge >= 0.3 is 0 Å². The van der Waals surface area contributed by atoms with E-state index in [4.69, 9.17) is 4.99 Å². The highest BCUT2D eigenvalue weighted by Gasteiger charge is 2.37. The lowest BCUT2D eigenvalue weighted by Gasteiger charge is -2.32. The highest BCUT2D eigenvalue weighted by atomic mass is 16.3. The van der Waals surface area contributed by atoms with Crippen LogP contribution in [-0.4, -0.2) is 22.9 Å². The van der Waals surface area contributed by atoms with Crippen LogP contribution in [-0.2, 0) is 6.42 Å². The fourth-order valence-electron chi connectivity index (χ4n) is 6.89. The largest absolute Gasteiger partial charge is 0.495 e. The van der Waals surface area contributed by atoms with E-state index in [9.17, 15) is 5.11 Å². The molecule has 0 saturated heterocycles. The second-order valence-corrected chi connectivity index (χ2v) is 11.7. The van der Waals surface area contributed by atoms with Crippen LogP contribution in [0.2, 0.25) is 0 Å². The zero-order valence-electron chi connectivity index (χ0n) is 24.6. The van der Waals surface area contributed by atoms with Crippen molar-refractivity contribution in [3.63, 3.8) is 0 Å². The molecule has 2 aliphatic rings. The molecule has 1 aromatic heterocycles. The zero-order chi connectivity index (χ0) is 28.6. The molecule has 2 aromatic rings. The predicted molar refractivity (Wildman–Crippen MR) is 169 cm³/mol. The van der Waals surface area contributed by atoms with Gasteiger partial charge in [0.15, 0.2) is 17.8 Å². The van der Waals surface area contributed by atoms with Crippen LogP contribution in [0.4, 0.5) is 0 Å². The van der Waals surface area contributed by atoms with Gasteiger partial charge in [0.25, 0.3) is 0 Å². The molecule has 2 N–H and O–H groups in total. The fraction of sp³-hybridized carbons (Fsp3) is 0.444. The van der Waals surface area contributed by atoms with Crippen LogP contribution in [0.25, 0.3) is 5.70 Å². The maximum Gasteiger partial charge on any atom is 0.205 e. The minimum atomic E-state index is -0.109. The first-order valence-electron chi connectivity index (χ1n) is 15.1. The van der Waals surface area contributed by atoms with Crippen molar-refractivity contribution in [2.45, 2.75) is 89.6 Å². The van der Waals surface area contributed by atoms with Crippen molar-refractivity contribution in [3.05, 3.63) is 109 Å². The van der Waals surface area contributed by atoms with Crippen molar-refractivity contribution in [3.8, 4) is 0 Å². The molecule has 4 heteroatoms. The van der Waals surface area contributed by atoms with E-state index in [1.807, 2.05) is 12.2 Å². The molecule has 1 aliphatic heterocycles. The van der Waals surface area contributed by atoms with Gasteiger partial charge in [0.1, 0.15) is 6.04 Å². The van der Waals surface area contributed by atoms with Crippen LogP contribution in [0, 0.1) is 18.8 Å². The van der Waals surface area contributed by atoms with Crippen molar-refractivity contribution >= 4 is 11.4 Å². The first kappa shape index (κ1) is 29.6. The minimum Gasteiger partial charge on any atom is -0.495 e. The zero-order valence-corrected chi connectivity index (χ0v) is 24.6. The molecule has 0 spiro atoms. The Hall–Kier alpha value is -3.40. The lowest BCUT2D eigenvalue weighted by atomic mass is 9.77. The van der Waals surface area contributed by atoms with Gasteiger partial charge in [-0.3, -0.25) is 4.99 Å². The summed E-state index contributed by atoms with van der Waals surface area (Å²) in [5.41, 5.74) is 6.99. The number of hydrogen-bond acceptors (Lipinski definition) is 3. The number of aliphatic hydroxyl groups is 1. The number of hydrogen-bond donors (Lipinski definition) is 2. The number of pyridine rings is 1. The van der Waals surface area contributed by atoms with Gasteiger partial charge < -0.3 is 10.4 Å². The van der Waals surface area contributed by atoms with Crippen LogP contribution >= 0.6 is 0 Å². The minimum absolute atomic E-state index is 0.00648. The Labute approximate surface area is 242 Å². The van der Waals surface area contributed by atoms with Crippen molar-refractivity contribution < 1.29 is 9.67 Å². The van der Waals surface area contributed by atoms with Crippen molar-refractivity contribution in [1.82, 2.24) is 5.32 Å². The van der Waals surface area contributed by atoms with Crippen LogP contribution in [0.1, 0.15) is 86.6 Å². The van der Waals surface area contributed by atoms with E-state index in [0.717, 1.165) is 42.2 Å². The third-order valence-electron chi connectivity index (χ3n) is 9.02. The van der Waals surface area contributed by atoms with Gasteiger partial charge in [0.05, 0.1) is 5.71 Å². The number of aromatic nitrogens is 1. The molecule has 4 rings (SSSR count). The molecule has 1 aliphatic carbocycles. The molecular formula is C36H48N3O+. The van der Waals surface area contributed by atoms with E-state index in [1.54, 1.807) is 0 Å². The fourth-order valence-corrected chi connectivity index (χ4v) is 6.89. The smallest absolute Gasteiger partial charge is 0.205 e. The van der Waals surface area contributed by atoms with E-state index in [-0.39, 0.29) is 29.8 Å². The molecule has 1 fully saturated rings. The van der Waals surface area contributed by atoms with Crippen LogP contribution < -0.4 is 9.88 Å². The lowest BCUT2D eigenvalue weighted by Crippen LogP contribution is -2.43. The van der Waals surface area contributed by atoms with Gasteiger partial charge in [0, 0.05) is 36.6 Å². The maximum absolute atomic E-state index is 9.80. The normalized spacial score (nSPS) is 20.5. The first-order valence-corrected chi connectivity index (χ1v) is 15.1. The molecule has 1 aromatic carbocycles. The maximum atomic E-state index is 9.80. The van der Waals surface area contributed by atoms with Gasteiger partial charge in [-0.2, -0.15) is 4.57 Å². The number of aliphatic imine (C=N–C) groups is 1. The molecule has 4 unspecified atom stereocenters. The number of rotatable bonds is 13. The molecule has 0 bridgehead atoms. The predicted octanol–water partition coefficient (Wildman–Crippen LogP) is 8.00. The van der Waals surface area contributed by atoms with Gasteiger partial charge in [-0.25, -0.2) is 0 Å². The van der Waals surface area contributed by atoms with E-state index >= 15 is 0 Å². The summed E-state index contributed by atoms with van der Waals surface area (Å²) >= 11 is 0. The molecular weight excluding hydrogens is 490 g/mol. The van der Waals surface area contributed by atoms with Crippen molar-refractivity contribution in [1.29, 1.82) is 0 Å². The molecule has 40 heavy (non-hydrogen) atoms. The highest BCUT2D eigenvalue weighted by molar-refractivity contribution is 6.10. The Bertz CT molecular complexity index is 1250. The topological polar surface area (TPSA) is 48.5 Å². The second-order valence-electron chi connectivity index (χ2n) is 11.7. The highest BCUT2D eigenvalue weighted by Crippen LogP contribution is 2.39. The molecule has 4 atom stereocenters. The number of aryl methyl sites for hydroxylation is 1. The van der Waals surface area contributed by atoms with Crippen molar-refractivity contribution in [2.75, 3.05) is 0 Å². The summed E-state index contributed by atoms with van der Waals surface area (Å²) < 4.78 is 2.23. The summed E-state index contributed by atoms with van der Waals surface area (Å²) in [4.78, 5) is 5.26. The summed E-state index contributed by atoms with van der Waals surface area (Å²) in [6.07, 6.45) is 16.8. The number of allylic oxidation sites excluding steroid dienone is 1. The van der Waals surface area contributed by atoms with E-state index in [0.29, 0.717) is 0 Å². The number of nitrogens with one attached hydrogen (secondary N) is 1. The summed E-state index contributed by atoms with van der Waals surface area (Å²) in [5.74, 6) is 1.17. The third kappa shape index (κ3) is 6.83. The average molecular weight is 539 g/mol. The lowest BCUT2D eigenvalue weighted by molar-refractivity contribution is -0.591. The molecule has 0 amide bonds. The monoisotopic (exact) mass is 538 g/mol. The molecule has 4 nitrogen and oxygen atoms in total. The molecule has 0 radical (unpaired) electrons. The molecule has 2 heterocycles. The number of nitrogens with zero attached hydrogens (tertiary/aromatic N) is 2. The number of benzene rings is 1. The Morgan fingerprint density at radius 2 is 1.90 bits per heavy atom. The van der Waals surface area contributed by atoms with Crippen LogP contribution in [0.3, 0.4) is 0 Å². The van der Waals surface area contributed by atoms with Crippen molar-refractivity contribution in [2.24, 2.45) is 16.8 Å². The number of fused-ring (bicyclic) bond motifs is 1. The van der Waals surface area contributed by atoms with Gasteiger partial charge in [-0.1, -0.05) is 75.9 Å². The Morgan fingerprint density at radius 1 is 1.15 bits per heavy atom. The third-order valence-corrected chi connectivity index (χ3v) is 9.02. The SMILES string of the molecule is C=CC1=NC(C(=C)[n+]2ccc(CC3CCCCC3)cc2C)C(CCC(C=C)C(CC)NC(=C)O)c2ccccc21. The summed E-state index contributed by atoms with van der Waals surface area (Å²) in [7, 11) is 0. The van der Waals surface area contributed by atoms with Gasteiger partial charge in [0.2, 0.25) is 5.70 Å². The Balaban J connectivity index is 1.62. The van der Waals surface area contributed by atoms with Crippen LogP contribution in [0.15, 0.2) is 91.9 Å². The second kappa shape index (κ2) is 13.8. The summed E-state index contributed by atoms with van der Waals surface area (Å²) in [6, 6.07) is 13.2. The Kier molecular flexibility index (Phi) is 10.2. The number of aliphatic hydroxyl groups excluding tert-OH is 1. The quantitative estimate of drug-likeness (QED) is 0.154. The standard InChI is InChI=1S/C36H47N3O/c1-7-30(34(8-2)37-27(6)40)19-20-33-31-17-13-14-18-32(31)35(9-3)38-36(33)26(5)39-22-21-29(23-25(39)4)24-28-15-11-10-12-16-28/h7,9,13-14,17-18,21-23,28,30,33-34,36-37H,1,3,5-6,8,10-12,15-16,19-20,24H2,2,4H3/p+1. The van der Waals surface area contributed by atoms with Crippen LogP contribution in [0.5, 0.6) is 0 Å². The van der Waals surface area contributed by atoms with Gasteiger partial charge in [-0.05, 0) is 67.9 Å². The average Bonchev–Trinajstić information content (AvgIpc) is 2.96. The van der Waals surface area contributed by atoms with E-state index in [2.05, 4.69) is 92.6 Å². The summed E-state index contributed by atoms with van der Waals surface area (Å²) in [6.45, 7) is 20.8. The molecule has 212 valence electrons.